The van der Waals surface area contributed by atoms with E-state index < -0.39 is 5.60 Å². The average Bonchev–Trinajstić information content (AvgIpc) is 2.67. The van der Waals surface area contributed by atoms with Crippen molar-refractivity contribution in [2.45, 2.75) is 30.9 Å². The van der Waals surface area contributed by atoms with E-state index >= 15 is 0 Å². The number of amides is 1. The fourth-order valence-electron chi connectivity index (χ4n) is 3.91. The monoisotopic (exact) mass is 386 g/mol. The summed E-state index contributed by atoms with van der Waals surface area (Å²) in [5.74, 6) is 0.122. The molecule has 1 aliphatic rings. The molecule has 3 rings (SSSR count). The van der Waals surface area contributed by atoms with Crippen LogP contribution < -0.4 is 0 Å². The van der Waals surface area contributed by atoms with E-state index in [2.05, 4.69) is 0 Å². The van der Waals surface area contributed by atoms with E-state index in [1.165, 1.54) is 0 Å². The lowest BCUT2D eigenvalue weighted by molar-refractivity contribution is -0.141. The highest BCUT2D eigenvalue weighted by Crippen LogP contribution is 2.35. The molecule has 2 aromatic rings. The molecule has 5 heteroatoms. The normalized spacial score (nSPS) is 22.9. The van der Waals surface area contributed by atoms with Crippen molar-refractivity contribution in [1.29, 1.82) is 0 Å². The van der Waals surface area contributed by atoms with Gasteiger partial charge in [-0.15, -0.1) is 0 Å². The van der Waals surface area contributed by atoms with Crippen LogP contribution in [0, 0.1) is 0 Å². The smallest absolute Gasteiger partial charge is 0.222 e. The summed E-state index contributed by atoms with van der Waals surface area (Å²) < 4.78 is 0. The minimum Gasteiger partial charge on any atom is -0.383 e. The van der Waals surface area contributed by atoms with Crippen molar-refractivity contribution in [2.75, 3.05) is 27.2 Å². The molecule has 0 saturated carbocycles. The zero-order valence-corrected chi connectivity index (χ0v) is 16.7. The summed E-state index contributed by atoms with van der Waals surface area (Å²) >= 11 is 6.02. The first-order chi connectivity index (χ1) is 12.9. The molecule has 2 atom stereocenters. The molecule has 2 aromatic carbocycles. The van der Waals surface area contributed by atoms with E-state index in [0.717, 1.165) is 11.1 Å². The third-order valence-electron chi connectivity index (χ3n) is 5.47. The SMILES string of the molecule is CN(C)[C@@H]1CN(C(=O)CCc2cccc(Cl)c2)CC[C@]1(O)c1ccccc1. The van der Waals surface area contributed by atoms with Crippen molar-refractivity contribution in [3.63, 3.8) is 0 Å². The van der Waals surface area contributed by atoms with Crippen LogP contribution in [0.25, 0.3) is 0 Å². The van der Waals surface area contributed by atoms with Gasteiger partial charge in [-0.2, -0.15) is 0 Å². The van der Waals surface area contributed by atoms with Gasteiger partial charge in [0.05, 0.1) is 6.04 Å². The molecule has 0 unspecified atom stereocenters. The van der Waals surface area contributed by atoms with Gasteiger partial charge in [-0.25, -0.2) is 0 Å². The maximum atomic E-state index is 12.8. The van der Waals surface area contributed by atoms with Crippen molar-refractivity contribution >= 4 is 17.5 Å². The number of piperidine rings is 1. The highest BCUT2D eigenvalue weighted by molar-refractivity contribution is 6.30. The standard InChI is InChI=1S/C22H27ClN2O2/c1-24(2)20-16-25(14-13-22(20,27)18-8-4-3-5-9-18)21(26)12-11-17-7-6-10-19(23)15-17/h3-10,15,20,27H,11-14,16H2,1-2H3/t20-,22+/m1/s1. The van der Waals surface area contributed by atoms with Gasteiger partial charge in [0.25, 0.3) is 0 Å². The maximum absolute atomic E-state index is 12.8. The van der Waals surface area contributed by atoms with E-state index in [1.807, 2.05) is 78.5 Å². The minimum atomic E-state index is -0.950. The van der Waals surface area contributed by atoms with Gasteiger partial charge in [-0.05, 0) is 50.2 Å². The van der Waals surface area contributed by atoms with Crippen LogP contribution in [0.1, 0.15) is 24.0 Å². The fraction of sp³-hybridized carbons (Fsp3) is 0.409. The number of hydrogen-bond donors (Lipinski definition) is 1. The maximum Gasteiger partial charge on any atom is 0.222 e. The first-order valence-corrected chi connectivity index (χ1v) is 9.74. The van der Waals surface area contributed by atoms with E-state index in [9.17, 15) is 9.90 Å². The zero-order chi connectivity index (χ0) is 19.4. The second-order valence-electron chi connectivity index (χ2n) is 7.49. The van der Waals surface area contributed by atoms with Crippen molar-refractivity contribution in [3.8, 4) is 0 Å². The van der Waals surface area contributed by atoms with Crippen molar-refractivity contribution in [3.05, 3.63) is 70.7 Å². The first-order valence-electron chi connectivity index (χ1n) is 9.37. The second-order valence-corrected chi connectivity index (χ2v) is 7.93. The molecule has 1 aliphatic heterocycles. The molecule has 1 amide bonds. The summed E-state index contributed by atoms with van der Waals surface area (Å²) in [6.45, 7) is 1.08. The Morgan fingerprint density at radius 1 is 1.22 bits per heavy atom. The van der Waals surface area contributed by atoms with E-state index in [4.69, 9.17) is 11.6 Å². The van der Waals surface area contributed by atoms with E-state index in [-0.39, 0.29) is 11.9 Å². The summed E-state index contributed by atoms with van der Waals surface area (Å²) in [5, 5.41) is 12.1. The van der Waals surface area contributed by atoms with Crippen LogP contribution in [0.15, 0.2) is 54.6 Å². The van der Waals surface area contributed by atoms with Crippen LogP contribution in [0.3, 0.4) is 0 Å². The molecule has 4 nitrogen and oxygen atoms in total. The Kier molecular flexibility index (Phi) is 6.20. The molecule has 144 valence electrons. The highest BCUT2D eigenvalue weighted by atomic mass is 35.5. The van der Waals surface area contributed by atoms with Gasteiger partial charge in [0.2, 0.25) is 5.91 Å². The van der Waals surface area contributed by atoms with Crippen molar-refractivity contribution in [2.24, 2.45) is 0 Å². The number of likely N-dealkylation sites (N-methyl/N-ethyl adjacent to an activating group) is 1. The molecular formula is C22H27ClN2O2. The molecule has 1 saturated heterocycles. The molecule has 1 heterocycles. The highest BCUT2D eigenvalue weighted by Gasteiger charge is 2.44. The number of nitrogens with zero attached hydrogens (tertiary/aromatic N) is 2. The number of halogens is 1. The summed E-state index contributed by atoms with van der Waals surface area (Å²) in [6.07, 6.45) is 1.65. The number of hydrogen-bond acceptors (Lipinski definition) is 3. The Hall–Kier alpha value is -1.88. The van der Waals surface area contributed by atoms with Crippen LogP contribution in [-0.2, 0) is 16.8 Å². The Balaban J connectivity index is 1.68. The van der Waals surface area contributed by atoms with Gasteiger partial charge >= 0.3 is 0 Å². The largest absolute Gasteiger partial charge is 0.383 e. The molecule has 1 fully saturated rings. The topological polar surface area (TPSA) is 43.8 Å². The molecule has 0 aliphatic carbocycles. The zero-order valence-electron chi connectivity index (χ0n) is 15.9. The summed E-state index contributed by atoms with van der Waals surface area (Å²) in [4.78, 5) is 16.7. The van der Waals surface area contributed by atoms with Gasteiger partial charge < -0.3 is 14.9 Å². The number of carbonyl (C=O) groups excluding carboxylic acids is 1. The molecule has 1 N–H and O–H groups in total. The molecule has 27 heavy (non-hydrogen) atoms. The Labute approximate surface area is 166 Å². The molecule has 0 radical (unpaired) electrons. The van der Waals surface area contributed by atoms with E-state index in [1.54, 1.807) is 0 Å². The van der Waals surface area contributed by atoms with Crippen LogP contribution in [0.4, 0.5) is 0 Å². The quantitative estimate of drug-likeness (QED) is 0.857. The molecule has 0 aromatic heterocycles. The summed E-state index contributed by atoms with van der Waals surface area (Å²) in [5.41, 5.74) is 1.03. The number of rotatable bonds is 5. The molecule has 0 bridgehead atoms. The van der Waals surface area contributed by atoms with Crippen LogP contribution in [0.5, 0.6) is 0 Å². The second kappa shape index (κ2) is 8.42. The number of aryl methyl sites for hydroxylation is 1. The van der Waals surface area contributed by atoms with Gasteiger partial charge in [0, 0.05) is 24.5 Å². The Morgan fingerprint density at radius 3 is 2.63 bits per heavy atom. The summed E-state index contributed by atoms with van der Waals surface area (Å²) in [7, 11) is 3.91. The first kappa shape index (κ1) is 19.9. The number of benzene rings is 2. The number of carbonyl (C=O) groups is 1. The Bertz CT molecular complexity index is 781. The van der Waals surface area contributed by atoms with Crippen molar-refractivity contribution < 1.29 is 9.90 Å². The third kappa shape index (κ3) is 4.52. The lowest BCUT2D eigenvalue weighted by atomic mass is 9.79. The van der Waals surface area contributed by atoms with Gasteiger partial charge in [0.1, 0.15) is 5.60 Å². The van der Waals surface area contributed by atoms with Crippen molar-refractivity contribution in [1.82, 2.24) is 9.80 Å². The number of aliphatic hydroxyl groups is 1. The predicted octanol–water partition coefficient (Wildman–Crippen LogP) is 3.32. The lowest BCUT2D eigenvalue weighted by Gasteiger charge is -2.47. The molecule has 0 spiro atoms. The fourth-order valence-corrected chi connectivity index (χ4v) is 4.12. The van der Waals surface area contributed by atoms with Gasteiger partial charge in [0.15, 0.2) is 0 Å². The summed E-state index contributed by atoms with van der Waals surface area (Å²) in [6, 6.07) is 17.3. The average molecular weight is 387 g/mol. The molecular weight excluding hydrogens is 360 g/mol. The predicted molar refractivity (Wildman–Crippen MR) is 109 cm³/mol. The van der Waals surface area contributed by atoms with Gasteiger partial charge in [-0.1, -0.05) is 54.1 Å². The van der Waals surface area contributed by atoms with Crippen LogP contribution >= 0.6 is 11.6 Å². The van der Waals surface area contributed by atoms with Crippen LogP contribution in [0.2, 0.25) is 5.02 Å². The lowest BCUT2D eigenvalue weighted by Crippen LogP contribution is -2.60. The third-order valence-corrected chi connectivity index (χ3v) is 5.71. The minimum absolute atomic E-state index is 0.122. The Morgan fingerprint density at radius 2 is 1.96 bits per heavy atom. The van der Waals surface area contributed by atoms with E-state index in [0.29, 0.717) is 37.4 Å². The van der Waals surface area contributed by atoms with Crippen LogP contribution in [-0.4, -0.2) is 54.0 Å². The van der Waals surface area contributed by atoms with Gasteiger partial charge in [-0.3, -0.25) is 4.79 Å². The number of likely N-dealkylation sites (tertiary alicyclic amines) is 1.